The number of fused-ring (bicyclic) bond motifs is 1. The number of ketones is 2. The minimum absolute atomic E-state index is 0.0221. The van der Waals surface area contributed by atoms with E-state index in [0.717, 1.165) is 0 Å². The molecule has 0 unspecified atom stereocenters. The number of carbonyl (C=O) groups is 2. The zero-order valence-corrected chi connectivity index (χ0v) is 6.28. The normalized spacial score (nSPS) is 16.0. The fraction of sp³-hybridized carbons (Fsp3) is 0.250. The van der Waals surface area contributed by atoms with E-state index >= 15 is 0 Å². The van der Waals surface area contributed by atoms with E-state index in [1.54, 1.807) is 0 Å². The summed E-state index contributed by atoms with van der Waals surface area (Å²) in [7, 11) is 0. The summed E-state index contributed by atoms with van der Waals surface area (Å²) in [6.07, 6.45) is 3.18. The van der Waals surface area contributed by atoms with Crippen molar-refractivity contribution in [3.8, 4) is 0 Å². The Morgan fingerprint density at radius 2 is 1.83 bits per heavy atom. The van der Waals surface area contributed by atoms with Gasteiger partial charge in [0, 0.05) is 12.4 Å². The molecule has 1 aromatic heterocycles. The molecule has 0 radical (unpaired) electrons. The number of aromatic nitrogens is 2. The van der Waals surface area contributed by atoms with E-state index in [0.29, 0.717) is 11.4 Å². The van der Waals surface area contributed by atoms with E-state index in [1.165, 1.54) is 12.4 Å². The molecule has 1 aliphatic rings. The second-order valence-corrected chi connectivity index (χ2v) is 2.67. The molecule has 4 nitrogen and oxygen atoms in total. The molecule has 0 bridgehead atoms. The van der Waals surface area contributed by atoms with Gasteiger partial charge in [-0.05, 0) is 0 Å². The molecule has 0 fully saturated rings. The van der Waals surface area contributed by atoms with Gasteiger partial charge >= 0.3 is 0 Å². The number of rotatable bonds is 0. The Kier molecular flexibility index (Phi) is 1.46. The largest absolute Gasteiger partial charge is 0.299 e. The molecule has 1 aliphatic carbocycles. The summed E-state index contributed by atoms with van der Waals surface area (Å²) in [5.41, 5.74) is 0.871. The van der Waals surface area contributed by atoms with Gasteiger partial charge < -0.3 is 0 Å². The van der Waals surface area contributed by atoms with Crippen LogP contribution >= 0.6 is 0 Å². The summed E-state index contributed by atoms with van der Waals surface area (Å²) in [5, 5.41) is 0. The molecule has 0 aromatic carbocycles. The lowest BCUT2D eigenvalue weighted by Crippen LogP contribution is -2.21. The molecule has 0 spiro atoms. The lowest BCUT2D eigenvalue weighted by Gasteiger charge is -2.09. The summed E-state index contributed by atoms with van der Waals surface area (Å²) in [5.74, 6) is -0.289. The van der Waals surface area contributed by atoms with Crippen molar-refractivity contribution in [3.05, 3.63) is 23.8 Å². The number of hydrogen-bond donors (Lipinski definition) is 0. The van der Waals surface area contributed by atoms with Crippen molar-refractivity contribution in [2.75, 3.05) is 0 Å². The van der Waals surface area contributed by atoms with Crippen molar-refractivity contribution in [3.63, 3.8) is 0 Å². The van der Waals surface area contributed by atoms with Crippen molar-refractivity contribution >= 4 is 11.6 Å². The highest BCUT2D eigenvalue weighted by Crippen LogP contribution is 2.13. The van der Waals surface area contributed by atoms with Gasteiger partial charge in [0.2, 0.25) is 0 Å². The summed E-state index contributed by atoms with van der Waals surface area (Å²) in [6, 6.07) is 0. The minimum atomic E-state index is -0.214. The van der Waals surface area contributed by atoms with Crippen LogP contribution in [0.2, 0.25) is 0 Å². The smallest absolute Gasteiger partial charge is 0.190 e. The van der Waals surface area contributed by atoms with Crippen LogP contribution in [-0.4, -0.2) is 21.5 Å². The molecule has 0 N–H and O–H groups in total. The maximum absolute atomic E-state index is 11.2. The molecule has 0 atom stereocenters. The molecular formula is C8H6N2O2. The highest BCUT2D eigenvalue weighted by Gasteiger charge is 2.24. The van der Waals surface area contributed by atoms with Crippen LogP contribution in [-0.2, 0) is 11.2 Å². The lowest BCUT2D eigenvalue weighted by molar-refractivity contribution is -0.117. The van der Waals surface area contributed by atoms with E-state index in [2.05, 4.69) is 9.97 Å². The van der Waals surface area contributed by atoms with Crippen LogP contribution in [0.4, 0.5) is 0 Å². The quantitative estimate of drug-likeness (QED) is 0.510. The third kappa shape index (κ3) is 1.01. The average molecular weight is 162 g/mol. The van der Waals surface area contributed by atoms with Crippen molar-refractivity contribution in [1.82, 2.24) is 9.97 Å². The predicted octanol–water partition coefficient (Wildman–Crippen LogP) is 0.175. The van der Waals surface area contributed by atoms with E-state index in [9.17, 15) is 9.59 Å². The molecule has 60 valence electrons. The predicted molar refractivity (Wildman–Crippen MR) is 39.7 cm³/mol. The van der Waals surface area contributed by atoms with Gasteiger partial charge in [0.15, 0.2) is 5.78 Å². The summed E-state index contributed by atoms with van der Waals surface area (Å²) in [4.78, 5) is 29.9. The van der Waals surface area contributed by atoms with Gasteiger partial charge in [0.25, 0.3) is 0 Å². The average Bonchev–Trinajstić information content (AvgIpc) is 2.04. The molecule has 0 saturated carbocycles. The minimum Gasteiger partial charge on any atom is -0.299 e. The van der Waals surface area contributed by atoms with Gasteiger partial charge in [-0.2, -0.15) is 0 Å². The van der Waals surface area contributed by atoms with Crippen molar-refractivity contribution < 1.29 is 9.59 Å². The van der Waals surface area contributed by atoms with Gasteiger partial charge in [0.05, 0.1) is 18.5 Å². The third-order valence-electron chi connectivity index (χ3n) is 1.76. The van der Waals surface area contributed by atoms with Gasteiger partial charge in [-0.3, -0.25) is 14.6 Å². The first kappa shape index (κ1) is 7.09. The number of hydrogen-bond acceptors (Lipinski definition) is 4. The topological polar surface area (TPSA) is 59.9 Å². The maximum atomic E-state index is 11.2. The van der Waals surface area contributed by atoms with E-state index in [1.807, 2.05) is 0 Å². The van der Waals surface area contributed by atoms with Gasteiger partial charge in [0.1, 0.15) is 11.5 Å². The Bertz CT molecular complexity index is 360. The van der Waals surface area contributed by atoms with E-state index in [-0.39, 0.29) is 24.4 Å². The molecule has 0 saturated heterocycles. The summed E-state index contributed by atoms with van der Waals surface area (Å²) >= 11 is 0. The lowest BCUT2D eigenvalue weighted by atomic mass is 9.98. The maximum Gasteiger partial charge on any atom is 0.190 e. The monoisotopic (exact) mass is 162 g/mol. The molecule has 1 aromatic rings. The fourth-order valence-corrected chi connectivity index (χ4v) is 1.24. The molecule has 12 heavy (non-hydrogen) atoms. The van der Waals surface area contributed by atoms with E-state index < -0.39 is 0 Å². The van der Waals surface area contributed by atoms with Crippen LogP contribution in [0.15, 0.2) is 12.4 Å². The van der Waals surface area contributed by atoms with Crippen LogP contribution in [0.1, 0.15) is 22.6 Å². The Balaban J connectivity index is 2.54. The number of Topliss-reactive ketones (excluding diaryl/α,β-unsaturated/α-hetero) is 2. The van der Waals surface area contributed by atoms with Gasteiger partial charge in [-0.1, -0.05) is 0 Å². The Morgan fingerprint density at radius 1 is 1.08 bits per heavy atom. The van der Waals surface area contributed by atoms with Crippen LogP contribution in [0.25, 0.3) is 0 Å². The molecule has 4 heteroatoms. The third-order valence-corrected chi connectivity index (χ3v) is 1.76. The Labute approximate surface area is 68.6 Å². The standard InChI is InChI=1S/C8H6N2O2/c11-5-3-6-8(7(12)4-5)10-2-1-9-6/h1-2H,3-4H2. The molecule has 0 amide bonds. The van der Waals surface area contributed by atoms with Crippen molar-refractivity contribution in [2.24, 2.45) is 0 Å². The SMILES string of the molecule is O=C1CC(=O)c2nccnc2C1. The molecule has 1 heterocycles. The molecule has 0 aliphatic heterocycles. The first-order chi connectivity index (χ1) is 5.77. The molecular weight excluding hydrogens is 156 g/mol. The Hall–Kier alpha value is -1.58. The summed E-state index contributed by atoms with van der Waals surface area (Å²) < 4.78 is 0. The Morgan fingerprint density at radius 3 is 2.67 bits per heavy atom. The van der Waals surface area contributed by atoms with Gasteiger partial charge in [-0.25, -0.2) is 4.98 Å². The van der Waals surface area contributed by atoms with Gasteiger partial charge in [-0.15, -0.1) is 0 Å². The zero-order valence-electron chi connectivity index (χ0n) is 6.28. The van der Waals surface area contributed by atoms with Crippen LogP contribution in [0, 0.1) is 0 Å². The van der Waals surface area contributed by atoms with Crippen molar-refractivity contribution in [1.29, 1.82) is 0 Å². The highest BCUT2D eigenvalue weighted by atomic mass is 16.1. The highest BCUT2D eigenvalue weighted by molar-refractivity contribution is 6.11. The van der Waals surface area contributed by atoms with Crippen molar-refractivity contribution in [2.45, 2.75) is 12.8 Å². The second kappa shape index (κ2) is 2.48. The first-order valence-electron chi connectivity index (χ1n) is 3.62. The summed E-state index contributed by atoms with van der Waals surface area (Å²) in [6.45, 7) is 0. The molecule has 2 rings (SSSR count). The van der Waals surface area contributed by atoms with E-state index in [4.69, 9.17) is 0 Å². The van der Waals surface area contributed by atoms with Crippen LogP contribution in [0.5, 0.6) is 0 Å². The first-order valence-corrected chi connectivity index (χ1v) is 3.62. The fourth-order valence-electron chi connectivity index (χ4n) is 1.24. The second-order valence-electron chi connectivity index (χ2n) is 2.67. The zero-order chi connectivity index (χ0) is 8.55. The number of nitrogens with zero attached hydrogens (tertiary/aromatic N) is 2. The number of carbonyl (C=O) groups excluding carboxylic acids is 2. The van der Waals surface area contributed by atoms with Crippen LogP contribution in [0.3, 0.4) is 0 Å². The van der Waals surface area contributed by atoms with Crippen LogP contribution < -0.4 is 0 Å².